The van der Waals surface area contributed by atoms with Crippen LogP contribution in [0.2, 0.25) is 15.1 Å². The molecule has 0 radical (unpaired) electrons. The quantitative estimate of drug-likeness (QED) is 0.462. The molecule has 0 bridgehead atoms. The first-order chi connectivity index (χ1) is 13.1. The Balaban J connectivity index is 1.81. The van der Waals surface area contributed by atoms with Gasteiger partial charge in [0.2, 0.25) is 0 Å². The van der Waals surface area contributed by atoms with Crippen LogP contribution in [0.1, 0.15) is 54.6 Å². The average Bonchev–Trinajstić information content (AvgIpc) is 2.60. The van der Waals surface area contributed by atoms with Crippen LogP contribution in [0.4, 0.5) is 5.69 Å². The van der Waals surface area contributed by atoms with E-state index >= 15 is 0 Å². The summed E-state index contributed by atoms with van der Waals surface area (Å²) in [4.78, 5) is 14.5. The summed E-state index contributed by atoms with van der Waals surface area (Å²) in [6.45, 7) is 6.67. The van der Waals surface area contributed by atoms with Crippen molar-refractivity contribution in [2.75, 3.05) is 11.9 Å². The second kappa shape index (κ2) is 7.94. The number of anilines is 1. The first-order valence-corrected chi connectivity index (χ1v) is 10.1. The van der Waals surface area contributed by atoms with E-state index in [1.807, 2.05) is 12.1 Å². The van der Waals surface area contributed by atoms with E-state index in [1.54, 1.807) is 18.3 Å². The first-order valence-electron chi connectivity index (χ1n) is 8.96. The summed E-state index contributed by atoms with van der Waals surface area (Å²) in [7, 11) is 2.09. The van der Waals surface area contributed by atoms with Gasteiger partial charge in [0.15, 0.2) is 0 Å². The number of nitrogens with zero attached hydrogens (tertiary/aromatic N) is 2. The van der Waals surface area contributed by atoms with Gasteiger partial charge in [-0.15, -0.1) is 0 Å². The highest BCUT2D eigenvalue weighted by atomic mass is 35.5. The van der Waals surface area contributed by atoms with Crippen LogP contribution in [0.5, 0.6) is 0 Å². The zero-order valence-corrected chi connectivity index (χ0v) is 18.5. The van der Waals surface area contributed by atoms with E-state index in [2.05, 4.69) is 43.2 Å². The highest BCUT2D eigenvalue weighted by molar-refractivity contribution is 6.36. The maximum absolute atomic E-state index is 12.3. The van der Waals surface area contributed by atoms with Gasteiger partial charge in [-0.3, -0.25) is 4.79 Å². The molecule has 4 nitrogen and oxygen atoms in total. The number of hydrogen-bond donors (Lipinski definition) is 1. The number of carbonyl (C=O) groups excluding carboxylic acids is 1. The molecule has 2 aromatic rings. The number of carbonyl (C=O) groups is 1. The molecule has 7 heteroatoms. The number of nitrogens with one attached hydrogen (secondary N) is 1. The summed E-state index contributed by atoms with van der Waals surface area (Å²) >= 11 is 18.4. The summed E-state index contributed by atoms with van der Waals surface area (Å²) in [5, 5.41) is 5.37. The Hall–Kier alpha value is -1.75. The fourth-order valence-corrected chi connectivity index (χ4v) is 4.30. The lowest BCUT2D eigenvalue weighted by molar-refractivity contribution is 0.0955. The smallest absolute Gasteiger partial charge is 0.272 e. The Morgan fingerprint density at radius 3 is 2.61 bits per heavy atom. The monoisotopic (exact) mass is 437 g/mol. The molecule has 148 valence electrons. The summed E-state index contributed by atoms with van der Waals surface area (Å²) in [5.41, 5.74) is 5.95. The fraction of sp³-hybridized carbons (Fsp3) is 0.333. The van der Waals surface area contributed by atoms with E-state index in [1.165, 1.54) is 11.6 Å². The van der Waals surface area contributed by atoms with Crippen molar-refractivity contribution >= 4 is 52.6 Å². The van der Waals surface area contributed by atoms with Gasteiger partial charge < -0.3 is 4.90 Å². The summed E-state index contributed by atoms with van der Waals surface area (Å²) < 4.78 is 0. The lowest BCUT2D eigenvalue weighted by Gasteiger charge is -2.45. The Labute approximate surface area is 180 Å². The highest BCUT2D eigenvalue weighted by Gasteiger charge is 2.34. The molecule has 1 aliphatic rings. The zero-order valence-electron chi connectivity index (χ0n) is 16.2. The van der Waals surface area contributed by atoms with E-state index < -0.39 is 5.91 Å². The normalized spacial score (nSPS) is 18.2. The molecule has 1 amide bonds. The van der Waals surface area contributed by atoms with Crippen LogP contribution < -0.4 is 10.3 Å². The Morgan fingerprint density at radius 1 is 1.21 bits per heavy atom. The SMILES string of the molecule is CC1CC(C)(C)N(C)c2cc(Cl)c(/C=N\NC(=O)c3ccc(Cl)cc3Cl)cc21. The number of rotatable bonds is 3. The number of halogens is 3. The number of hydrogen-bond acceptors (Lipinski definition) is 3. The van der Waals surface area contributed by atoms with Gasteiger partial charge in [-0.1, -0.05) is 41.7 Å². The molecule has 1 heterocycles. The van der Waals surface area contributed by atoms with Gasteiger partial charge in [0.25, 0.3) is 5.91 Å². The van der Waals surface area contributed by atoms with Crippen molar-refractivity contribution in [2.45, 2.75) is 38.6 Å². The molecular formula is C21H22Cl3N3O. The fourth-order valence-electron chi connectivity index (χ4n) is 3.60. The summed E-state index contributed by atoms with van der Waals surface area (Å²) in [6.07, 6.45) is 2.59. The van der Waals surface area contributed by atoms with Gasteiger partial charge >= 0.3 is 0 Å². The molecule has 0 saturated carbocycles. The van der Waals surface area contributed by atoms with Crippen LogP contribution in [0.3, 0.4) is 0 Å². The number of amides is 1. The van der Waals surface area contributed by atoms with Crippen LogP contribution in [0.25, 0.3) is 0 Å². The molecule has 3 rings (SSSR count). The molecule has 2 aromatic carbocycles. The van der Waals surface area contributed by atoms with E-state index in [0.717, 1.165) is 17.7 Å². The van der Waals surface area contributed by atoms with Gasteiger partial charge in [0.05, 0.1) is 21.8 Å². The van der Waals surface area contributed by atoms with Crippen molar-refractivity contribution in [1.82, 2.24) is 5.43 Å². The topological polar surface area (TPSA) is 44.7 Å². The number of benzene rings is 2. The Morgan fingerprint density at radius 2 is 1.93 bits per heavy atom. The molecule has 1 N–H and O–H groups in total. The third-order valence-corrected chi connectivity index (χ3v) is 6.17. The van der Waals surface area contributed by atoms with Crippen molar-refractivity contribution < 1.29 is 4.79 Å². The third-order valence-electron chi connectivity index (χ3n) is 5.30. The molecular weight excluding hydrogens is 417 g/mol. The second-order valence-corrected chi connectivity index (χ2v) is 8.98. The van der Waals surface area contributed by atoms with Gasteiger partial charge in [0, 0.05) is 28.9 Å². The Kier molecular flexibility index (Phi) is 5.95. The van der Waals surface area contributed by atoms with E-state index in [4.69, 9.17) is 34.8 Å². The molecule has 0 aromatic heterocycles. The molecule has 1 aliphatic heterocycles. The summed E-state index contributed by atoms with van der Waals surface area (Å²) in [5.74, 6) is -0.0186. The van der Waals surface area contributed by atoms with Crippen molar-refractivity contribution in [3.05, 3.63) is 62.1 Å². The van der Waals surface area contributed by atoms with Gasteiger partial charge in [0.1, 0.15) is 0 Å². The standard InChI is InChI=1S/C21H22Cl3N3O/c1-12-10-21(2,3)27(4)19-9-17(23)13(7-16(12)19)11-25-26-20(28)15-6-5-14(22)8-18(15)24/h5-9,11-12H,10H2,1-4H3,(H,26,28)/b25-11-. The van der Waals surface area contributed by atoms with Crippen LogP contribution in [0, 0.1) is 0 Å². The van der Waals surface area contributed by atoms with Crippen LogP contribution in [0.15, 0.2) is 35.4 Å². The van der Waals surface area contributed by atoms with Gasteiger partial charge in [-0.05, 0) is 62.1 Å². The molecule has 1 atom stereocenters. The van der Waals surface area contributed by atoms with Crippen LogP contribution in [-0.2, 0) is 0 Å². The zero-order chi connectivity index (χ0) is 20.6. The average molecular weight is 439 g/mol. The number of hydrazone groups is 1. The minimum absolute atomic E-state index is 0.0666. The molecule has 0 saturated heterocycles. The predicted molar refractivity (Wildman–Crippen MR) is 118 cm³/mol. The molecule has 0 fully saturated rings. The lowest BCUT2D eigenvalue weighted by atomic mass is 9.80. The van der Waals surface area contributed by atoms with E-state index in [0.29, 0.717) is 21.5 Å². The maximum Gasteiger partial charge on any atom is 0.272 e. The molecule has 1 unspecified atom stereocenters. The van der Waals surface area contributed by atoms with E-state index in [-0.39, 0.29) is 10.6 Å². The van der Waals surface area contributed by atoms with Gasteiger partial charge in [-0.25, -0.2) is 5.43 Å². The predicted octanol–water partition coefficient (Wildman–Crippen LogP) is 6.13. The highest BCUT2D eigenvalue weighted by Crippen LogP contribution is 2.44. The van der Waals surface area contributed by atoms with Crippen LogP contribution in [-0.4, -0.2) is 24.7 Å². The second-order valence-electron chi connectivity index (χ2n) is 7.73. The first kappa shape index (κ1) is 21.0. The number of fused-ring (bicyclic) bond motifs is 1. The minimum Gasteiger partial charge on any atom is -0.369 e. The minimum atomic E-state index is -0.415. The van der Waals surface area contributed by atoms with Crippen molar-refractivity contribution in [3.8, 4) is 0 Å². The third kappa shape index (κ3) is 4.14. The molecule has 0 spiro atoms. The lowest BCUT2D eigenvalue weighted by Crippen LogP contribution is -2.45. The summed E-state index contributed by atoms with van der Waals surface area (Å²) in [6, 6.07) is 8.68. The van der Waals surface area contributed by atoms with Crippen molar-refractivity contribution in [1.29, 1.82) is 0 Å². The molecule has 0 aliphatic carbocycles. The van der Waals surface area contributed by atoms with Crippen LogP contribution >= 0.6 is 34.8 Å². The molecule has 28 heavy (non-hydrogen) atoms. The Bertz CT molecular complexity index is 956. The van der Waals surface area contributed by atoms with Crippen molar-refractivity contribution in [3.63, 3.8) is 0 Å². The largest absolute Gasteiger partial charge is 0.369 e. The van der Waals surface area contributed by atoms with E-state index in [9.17, 15) is 4.79 Å². The maximum atomic E-state index is 12.3. The van der Waals surface area contributed by atoms with Gasteiger partial charge in [-0.2, -0.15) is 5.10 Å². The van der Waals surface area contributed by atoms with Crippen molar-refractivity contribution in [2.24, 2.45) is 5.10 Å².